The van der Waals surface area contributed by atoms with Crippen LogP contribution in [-0.2, 0) is 16.1 Å². The topological polar surface area (TPSA) is 52.3 Å². The minimum Gasteiger partial charge on any atom is -0.456 e. The Morgan fingerprint density at radius 3 is 3.06 bits per heavy atom. The van der Waals surface area contributed by atoms with Gasteiger partial charge in [0, 0.05) is 6.92 Å². The van der Waals surface area contributed by atoms with Gasteiger partial charge < -0.3 is 9.15 Å². The molecule has 0 aliphatic heterocycles. The number of hydrogen-bond donors (Lipinski definition) is 0. The number of carbonyl (C=O) groups is 1. The zero-order chi connectivity index (χ0) is 11.7. The van der Waals surface area contributed by atoms with Gasteiger partial charge in [-0.05, 0) is 12.1 Å². The summed E-state index contributed by atoms with van der Waals surface area (Å²) < 4.78 is 23.2. The van der Waals surface area contributed by atoms with Crippen LogP contribution in [0.3, 0.4) is 0 Å². The summed E-state index contributed by atoms with van der Waals surface area (Å²) in [5.41, 5.74) is 0.566. The number of halogens is 1. The lowest BCUT2D eigenvalue weighted by Gasteiger charge is -1.94. The summed E-state index contributed by atoms with van der Waals surface area (Å²) in [6.45, 7) is 1.14. The van der Waals surface area contributed by atoms with Gasteiger partial charge in [0.2, 0.25) is 5.89 Å². The quantitative estimate of drug-likeness (QED) is 0.554. The Hall–Kier alpha value is -1.85. The molecule has 1 aromatic heterocycles. The van der Waals surface area contributed by atoms with Gasteiger partial charge in [-0.1, -0.05) is 5.46 Å². The standard InChI is InChI=1S/C10H7BFNO3/c1-5(14)15-4-9-13-10-7(12)2-6(11)3-8(10)16-9/h2-3H,4H2,1H3. The maximum Gasteiger partial charge on any atom is 0.303 e. The number of benzene rings is 1. The molecule has 2 rings (SSSR count). The van der Waals surface area contributed by atoms with E-state index >= 15 is 0 Å². The van der Waals surface area contributed by atoms with Crippen LogP contribution in [-0.4, -0.2) is 18.8 Å². The normalized spacial score (nSPS) is 10.6. The average Bonchev–Trinajstić information content (AvgIpc) is 2.57. The molecular formula is C10H7BFNO3. The van der Waals surface area contributed by atoms with Gasteiger partial charge in [-0.25, -0.2) is 9.37 Å². The zero-order valence-electron chi connectivity index (χ0n) is 8.49. The Labute approximate surface area is 91.8 Å². The highest BCUT2D eigenvalue weighted by atomic mass is 19.1. The highest BCUT2D eigenvalue weighted by molar-refractivity contribution is 6.33. The summed E-state index contributed by atoms with van der Waals surface area (Å²) in [6.07, 6.45) is 0. The van der Waals surface area contributed by atoms with Crippen molar-refractivity contribution in [2.45, 2.75) is 13.5 Å². The lowest BCUT2D eigenvalue weighted by Crippen LogP contribution is -2.01. The predicted molar refractivity (Wildman–Crippen MR) is 54.8 cm³/mol. The first kappa shape index (κ1) is 10.7. The van der Waals surface area contributed by atoms with E-state index < -0.39 is 11.8 Å². The van der Waals surface area contributed by atoms with Crippen molar-refractivity contribution in [2.24, 2.45) is 0 Å². The van der Waals surface area contributed by atoms with Gasteiger partial charge in [0.1, 0.15) is 13.4 Å². The summed E-state index contributed by atoms with van der Waals surface area (Å²) in [7, 11) is 5.44. The molecule has 0 fully saturated rings. The molecular weight excluding hydrogens is 212 g/mol. The van der Waals surface area contributed by atoms with E-state index in [0.717, 1.165) is 6.07 Å². The fourth-order valence-corrected chi connectivity index (χ4v) is 1.28. The van der Waals surface area contributed by atoms with Gasteiger partial charge in [0.25, 0.3) is 0 Å². The minimum absolute atomic E-state index is 0.0800. The molecule has 0 bridgehead atoms. The summed E-state index contributed by atoms with van der Waals surface area (Å²) in [4.78, 5) is 14.4. The van der Waals surface area contributed by atoms with E-state index in [2.05, 4.69) is 9.72 Å². The van der Waals surface area contributed by atoms with Gasteiger partial charge in [-0.15, -0.1) is 0 Å². The summed E-state index contributed by atoms with van der Waals surface area (Å²) in [6, 6.07) is 2.61. The summed E-state index contributed by atoms with van der Waals surface area (Å²) >= 11 is 0. The molecule has 1 aromatic carbocycles. The number of hydrogen-bond acceptors (Lipinski definition) is 4. The Kier molecular flexibility index (Phi) is 2.64. The van der Waals surface area contributed by atoms with Crippen molar-refractivity contribution < 1.29 is 18.3 Å². The summed E-state index contributed by atoms with van der Waals surface area (Å²) in [5, 5.41) is 0. The number of carbonyl (C=O) groups excluding carboxylic acids is 1. The number of fused-ring (bicyclic) bond motifs is 1. The molecule has 0 aliphatic rings. The third kappa shape index (κ3) is 2.05. The van der Waals surface area contributed by atoms with Crippen molar-refractivity contribution in [1.82, 2.24) is 4.98 Å². The van der Waals surface area contributed by atoms with Crippen molar-refractivity contribution in [3.8, 4) is 0 Å². The maximum absolute atomic E-state index is 13.3. The van der Waals surface area contributed by atoms with Crippen LogP contribution in [0.1, 0.15) is 12.8 Å². The van der Waals surface area contributed by atoms with Crippen LogP contribution in [0.4, 0.5) is 4.39 Å². The molecule has 0 saturated carbocycles. The largest absolute Gasteiger partial charge is 0.456 e. The smallest absolute Gasteiger partial charge is 0.303 e. The highest BCUT2D eigenvalue weighted by Gasteiger charge is 2.11. The second-order valence-electron chi connectivity index (χ2n) is 3.24. The van der Waals surface area contributed by atoms with Crippen LogP contribution in [0.2, 0.25) is 0 Å². The molecule has 1 heterocycles. The number of nitrogens with zero attached hydrogens (tertiary/aromatic N) is 1. The van der Waals surface area contributed by atoms with Crippen LogP contribution in [0.25, 0.3) is 11.1 Å². The number of ether oxygens (including phenoxy) is 1. The van der Waals surface area contributed by atoms with E-state index in [1.54, 1.807) is 0 Å². The van der Waals surface area contributed by atoms with Crippen molar-refractivity contribution in [3.05, 3.63) is 23.8 Å². The van der Waals surface area contributed by atoms with Crippen LogP contribution < -0.4 is 5.46 Å². The fourth-order valence-electron chi connectivity index (χ4n) is 1.28. The molecule has 0 atom stereocenters. The first-order valence-corrected chi connectivity index (χ1v) is 4.54. The lowest BCUT2D eigenvalue weighted by atomic mass is 9.96. The first-order valence-electron chi connectivity index (χ1n) is 4.54. The molecule has 0 N–H and O–H groups in total. The van der Waals surface area contributed by atoms with Gasteiger partial charge >= 0.3 is 5.97 Å². The van der Waals surface area contributed by atoms with Crippen LogP contribution in [0, 0.1) is 5.82 Å². The summed E-state index contributed by atoms with van der Waals surface area (Å²) in [5.74, 6) is -0.884. The maximum atomic E-state index is 13.3. The van der Waals surface area contributed by atoms with E-state index in [-0.39, 0.29) is 29.1 Å². The molecule has 0 amide bonds. The Balaban J connectivity index is 2.36. The fraction of sp³-hybridized carbons (Fsp3) is 0.200. The van der Waals surface area contributed by atoms with Crippen molar-refractivity contribution in [2.75, 3.05) is 0 Å². The second-order valence-corrected chi connectivity index (χ2v) is 3.24. The number of rotatable bonds is 2. The number of oxazole rings is 1. The number of aromatic nitrogens is 1. The van der Waals surface area contributed by atoms with Gasteiger partial charge in [0.05, 0.1) is 0 Å². The molecule has 0 unspecified atom stereocenters. The third-order valence-electron chi connectivity index (χ3n) is 1.91. The second kappa shape index (κ2) is 3.96. The van der Waals surface area contributed by atoms with E-state index in [1.807, 2.05) is 0 Å². The van der Waals surface area contributed by atoms with Crippen molar-refractivity contribution in [1.29, 1.82) is 0 Å². The van der Waals surface area contributed by atoms with E-state index in [1.165, 1.54) is 13.0 Å². The van der Waals surface area contributed by atoms with Crippen molar-refractivity contribution in [3.63, 3.8) is 0 Å². The molecule has 80 valence electrons. The molecule has 16 heavy (non-hydrogen) atoms. The minimum atomic E-state index is -0.562. The van der Waals surface area contributed by atoms with Gasteiger partial charge in [-0.2, -0.15) is 0 Å². The molecule has 4 nitrogen and oxygen atoms in total. The third-order valence-corrected chi connectivity index (χ3v) is 1.91. The van der Waals surface area contributed by atoms with E-state index in [0.29, 0.717) is 0 Å². The predicted octanol–water partition coefficient (Wildman–Crippen LogP) is 0.824. The lowest BCUT2D eigenvalue weighted by molar-refractivity contribution is -0.142. The van der Waals surface area contributed by atoms with E-state index in [9.17, 15) is 9.18 Å². The zero-order valence-corrected chi connectivity index (χ0v) is 8.49. The van der Waals surface area contributed by atoms with Gasteiger partial charge in [0.15, 0.2) is 18.0 Å². The van der Waals surface area contributed by atoms with Crippen LogP contribution in [0.5, 0.6) is 0 Å². The monoisotopic (exact) mass is 219 g/mol. The van der Waals surface area contributed by atoms with Crippen LogP contribution >= 0.6 is 0 Å². The highest BCUT2D eigenvalue weighted by Crippen LogP contribution is 2.17. The molecule has 2 radical (unpaired) electrons. The SMILES string of the molecule is [B]c1cc(F)c2nc(COC(C)=O)oc2c1. The Bertz CT molecular complexity index is 552. The van der Waals surface area contributed by atoms with Crippen LogP contribution in [0.15, 0.2) is 16.5 Å². The molecule has 0 saturated heterocycles. The Morgan fingerprint density at radius 2 is 2.38 bits per heavy atom. The Morgan fingerprint density at radius 1 is 1.62 bits per heavy atom. The number of esters is 1. The first-order chi connectivity index (χ1) is 7.56. The average molecular weight is 219 g/mol. The molecule has 6 heteroatoms. The molecule has 0 spiro atoms. The van der Waals surface area contributed by atoms with Gasteiger partial charge in [-0.3, -0.25) is 4.79 Å². The molecule has 2 aromatic rings. The van der Waals surface area contributed by atoms with E-state index in [4.69, 9.17) is 12.3 Å². The van der Waals surface area contributed by atoms with Crippen molar-refractivity contribution >= 4 is 30.4 Å². The molecule has 0 aliphatic carbocycles.